The van der Waals surface area contributed by atoms with E-state index in [0.29, 0.717) is 0 Å². The van der Waals surface area contributed by atoms with E-state index in [1.807, 2.05) is 6.07 Å². The van der Waals surface area contributed by atoms with Crippen LogP contribution in [0.4, 0.5) is 5.69 Å². The lowest BCUT2D eigenvalue weighted by atomic mass is 10.2. The normalized spacial score (nSPS) is 11.1. The molecule has 96 valence electrons. The van der Waals surface area contributed by atoms with Gasteiger partial charge in [-0.25, -0.2) is 0 Å². The summed E-state index contributed by atoms with van der Waals surface area (Å²) in [4.78, 5) is 3.65. The fourth-order valence-electron chi connectivity index (χ4n) is 1.74. The first kappa shape index (κ1) is 14.1. The first-order valence-corrected chi connectivity index (χ1v) is 7.96. The Morgan fingerprint density at radius 1 is 1.22 bits per heavy atom. The van der Waals surface area contributed by atoms with Gasteiger partial charge in [0.2, 0.25) is 0 Å². The summed E-state index contributed by atoms with van der Waals surface area (Å²) in [6.45, 7) is 1.87. The minimum atomic E-state index is 0.781. The van der Waals surface area contributed by atoms with Gasteiger partial charge in [0.15, 0.2) is 0 Å². The molecule has 0 fully saturated rings. The molecule has 0 aliphatic heterocycles. The van der Waals surface area contributed by atoms with Crippen molar-refractivity contribution in [2.45, 2.75) is 13.1 Å². The van der Waals surface area contributed by atoms with E-state index in [2.05, 4.69) is 67.4 Å². The molecule has 2 nitrogen and oxygen atoms in total. The minimum absolute atomic E-state index is 0.781. The van der Waals surface area contributed by atoms with Crippen molar-refractivity contribution >= 4 is 48.9 Å². The zero-order chi connectivity index (χ0) is 13.1. The number of hydrogen-bond acceptors (Lipinski definition) is 3. The molecule has 2 aromatic rings. The predicted molar refractivity (Wildman–Crippen MR) is 85.7 cm³/mol. The molecule has 1 aromatic heterocycles. The molecule has 0 aliphatic carbocycles. The summed E-state index contributed by atoms with van der Waals surface area (Å²) >= 11 is 8.71. The second kappa shape index (κ2) is 6.19. The van der Waals surface area contributed by atoms with Crippen molar-refractivity contribution in [3.8, 4) is 0 Å². The highest BCUT2D eigenvalue weighted by molar-refractivity contribution is 9.10. The maximum absolute atomic E-state index is 5.78. The Kier molecular flexibility index (Phi) is 4.84. The monoisotopic (exact) mass is 388 g/mol. The standard InChI is InChI=1S/C13H14Br2N2S/c1-17(7-11-5-10(14)8-18-11)6-9-2-3-13(16)12(15)4-9/h2-5,8H,6-7,16H2,1H3. The fraction of sp³-hybridized carbons (Fsp3) is 0.231. The van der Waals surface area contributed by atoms with Crippen molar-refractivity contribution in [3.63, 3.8) is 0 Å². The van der Waals surface area contributed by atoms with E-state index in [4.69, 9.17) is 5.73 Å². The molecule has 18 heavy (non-hydrogen) atoms. The number of nitrogen functional groups attached to an aromatic ring is 1. The van der Waals surface area contributed by atoms with Gasteiger partial charge < -0.3 is 5.73 Å². The Bertz CT molecular complexity index is 540. The van der Waals surface area contributed by atoms with Gasteiger partial charge in [-0.2, -0.15) is 0 Å². The number of anilines is 1. The van der Waals surface area contributed by atoms with E-state index < -0.39 is 0 Å². The molecule has 0 saturated heterocycles. The summed E-state index contributed by atoms with van der Waals surface area (Å²) in [5.74, 6) is 0. The van der Waals surface area contributed by atoms with Gasteiger partial charge in [-0.1, -0.05) is 6.07 Å². The van der Waals surface area contributed by atoms with Crippen LogP contribution in [-0.2, 0) is 13.1 Å². The maximum atomic E-state index is 5.78. The Balaban J connectivity index is 1.98. The van der Waals surface area contributed by atoms with Crippen molar-refractivity contribution in [1.29, 1.82) is 0 Å². The number of nitrogens with two attached hydrogens (primary N) is 1. The molecular weight excluding hydrogens is 376 g/mol. The van der Waals surface area contributed by atoms with E-state index in [1.165, 1.54) is 10.4 Å². The molecule has 5 heteroatoms. The van der Waals surface area contributed by atoms with Crippen LogP contribution < -0.4 is 5.73 Å². The Hall–Kier alpha value is -0.360. The molecule has 0 aliphatic rings. The van der Waals surface area contributed by atoms with Crippen LogP contribution in [0.15, 0.2) is 38.6 Å². The first-order chi connectivity index (χ1) is 8.54. The lowest BCUT2D eigenvalue weighted by molar-refractivity contribution is 0.322. The molecule has 0 atom stereocenters. The zero-order valence-corrected chi connectivity index (χ0v) is 14.0. The van der Waals surface area contributed by atoms with Gasteiger partial charge >= 0.3 is 0 Å². The molecule has 0 radical (unpaired) electrons. The van der Waals surface area contributed by atoms with Gasteiger partial charge in [-0.3, -0.25) is 4.90 Å². The van der Waals surface area contributed by atoms with Crippen molar-refractivity contribution < 1.29 is 0 Å². The van der Waals surface area contributed by atoms with E-state index in [-0.39, 0.29) is 0 Å². The number of hydrogen-bond donors (Lipinski definition) is 1. The molecule has 2 N–H and O–H groups in total. The first-order valence-electron chi connectivity index (χ1n) is 5.50. The van der Waals surface area contributed by atoms with Crippen molar-refractivity contribution in [1.82, 2.24) is 4.90 Å². The quantitative estimate of drug-likeness (QED) is 0.780. The lowest BCUT2D eigenvalue weighted by Gasteiger charge is -2.16. The summed E-state index contributed by atoms with van der Waals surface area (Å²) in [7, 11) is 2.12. The molecule has 0 saturated carbocycles. The highest BCUT2D eigenvalue weighted by Gasteiger charge is 2.05. The predicted octanol–water partition coefficient (Wildman–Crippen LogP) is 4.49. The third-order valence-electron chi connectivity index (χ3n) is 2.56. The largest absolute Gasteiger partial charge is 0.398 e. The van der Waals surface area contributed by atoms with Crippen LogP contribution in [0.5, 0.6) is 0 Å². The second-order valence-electron chi connectivity index (χ2n) is 4.26. The Morgan fingerprint density at radius 3 is 2.61 bits per heavy atom. The van der Waals surface area contributed by atoms with Crippen LogP contribution >= 0.6 is 43.2 Å². The average molecular weight is 390 g/mol. The maximum Gasteiger partial charge on any atom is 0.0458 e. The summed E-state index contributed by atoms with van der Waals surface area (Å²) in [6.07, 6.45) is 0. The number of rotatable bonds is 4. The molecule has 0 spiro atoms. The van der Waals surface area contributed by atoms with E-state index in [1.54, 1.807) is 11.3 Å². The van der Waals surface area contributed by atoms with Crippen molar-refractivity contribution in [2.75, 3.05) is 12.8 Å². The van der Waals surface area contributed by atoms with Crippen molar-refractivity contribution in [3.05, 3.63) is 49.0 Å². The Morgan fingerprint density at radius 2 is 2.00 bits per heavy atom. The van der Waals surface area contributed by atoms with Crippen LogP contribution in [0.2, 0.25) is 0 Å². The van der Waals surface area contributed by atoms with Gasteiger partial charge in [0.25, 0.3) is 0 Å². The molecule has 1 aromatic carbocycles. The number of halogens is 2. The van der Waals surface area contributed by atoms with Gasteiger partial charge in [0.05, 0.1) is 0 Å². The lowest BCUT2D eigenvalue weighted by Crippen LogP contribution is -2.16. The van der Waals surface area contributed by atoms with Gasteiger partial charge in [0, 0.05) is 38.0 Å². The van der Waals surface area contributed by atoms with E-state index >= 15 is 0 Å². The highest BCUT2D eigenvalue weighted by Crippen LogP contribution is 2.23. The topological polar surface area (TPSA) is 29.3 Å². The zero-order valence-electron chi connectivity index (χ0n) is 9.99. The van der Waals surface area contributed by atoms with Crippen LogP contribution in [0.1, 0.15) is 10.4 Å². The van der Waals surface area contributed by atoms with Crippen LogP contribution in [0, 0.1) is 0 Å². The Labute approximate surface area is 128 Å². The van der Waals surface area contributed by atoms with Crippen molar-refractivity contribution in [2.24, 2.45) is 0 Å². The van der Waals surface area contributed by atoms with Gasteiger partial charge in [0.1, 0.15) is 0 Å². The van der Waals surface area contributed by atoms with Gasteiger partial charge in [-0.05, 0) is 62.7 Å². The third kappa shape index (κ3) is 3.82. The number of benzene rings is 1. The minimum Gasteiger partial charge on any atom is -0.398 e. The molecule has 0 bridgehead atoms. The summed E-state index contributed by atoms with van der Waals surface area (Å²) in [5.41, 5.74) is 7.82. The highest BCUT2D eigenvalue weighted by atomic mass is 79.9. The number of thiophene rings is 1. The molecule has 2 rings (SSSR count). The van der Waals surface area contributed by atoms with E-state index in [0.717, 1.165) is 27.7 Å². The summed E-state index contributed by atoms with van der Waals surface area (Å²) in [5, 5.41) is 2.11. The second-order valence-corrected chi connectivity index (χ2v) is 7.03. The average Bonchev–Trinajstić information content (AvgIpc) is 2.69. The summed E-state index contributed by atoms with van der Waals surface area (Å²) in [6, 6.07) is 8.26. The van der Waals surface area contributed by atoms with E-state index in [9.17, 15) is 0 Å². The SMILES string of the molecule is CN(Cc1ccc(N)c(Br)c1)Cc1cc(Br)cs1. The molecular formula is C13H14Br2N2S. The van der Waals surface area contributed by atoms with Crippen LogP contribution in [0.25, 0.3) is 0 Å². The number of nitrogens with zero attached hydrogens (tertiary/aromatic N) is 1. The summed E-state index contributed by atoms with van der Waals surface area (Å²) < 4.78 is 2.12. The fourth-order valence-corrected chi connectivity index (χ4v) is 3.70. The molecule has 0 amide bonds. The van der Waals surface area contributed by atoms with Crippen LogP contribution in [0.3, 0.4) is 0 Å². The molecule has 1 heterocycles. The van der Waals surface area contributed by atoms with Gasteiger partial charge in [-0.15, -0.1) is 11.3 Å². The molecule has 0 unspecified atom stereocenters. The third-order valence-corrected chi connectivity index (χ3v) is 4.93. The van der Waals surface area contributed by atoms with Crippen LogP contribution in [-0.4, -0.2) is 11.9 Å². The smallest absolute Gasteiger partial charge is 0.0458 e.